The van der Waals surface area contributed by atoms with Crippen LogP contribution in [0.1, 0.15) is 16.2 Å². The average molecular weight is 362 g/mol. The number of thiazole rings is 1. The van der Waals surface area contributed by atoms with E-state index in [-0.39, 0.29) is 11.6 Å². The van der Waals surface area contributed by atoms with Crippen LogP contribution in [-0.2, 0) is 0 Å². The van der Waals surface area contributed by atoms with E-state index in [1.165, 1.54) is 17.5 Å². The Balaban J connectivity index is 1.53. The van der Waals surface area contributed by atoms with Crippen molar-refractivity contribution in [3.05, 3.63) is 72.3 Å². The monoisotopic (exact) mass is 362 g/mol. The van der Waals surface area contributed by atoms with E-state index in [2.05, 4.69) is 20.3 Å². The van der Waals surface area contributed by atoms with Gasteiger partial charge in [-0.2, -0.15) is 0 Å². The molecule has 128 valence electrons. The third-order valence-corrected chi connectivity index (χ3v) is 4.51. The second kappa shape index (κ2) is 6.89. The van der Waals surface area contributed by atoms with Gasteiger partial charge in [0.2, 0.25) is 0 Å². The Morgan fingerprint density at radius 3 is 2.65 bits per heavy atom. The van der Waals surface area contributed by atoms with E-state index in [0.717, 1.165) is 27.4 Å². The molecule has 0 aliphatic rings. The van der Waals surface area contributed by atoms with Gasteiger partial charge < -0.3 is 4.74 Å². The molecular weight excluding hydrogens is 348 g/mol. The van der Waals surface area contributed by atoms with Crippen molar-refractivity contribution in [2.75, 3.05) is 5.32 Å². The topological polar surface area (TPSA) is 77.0 Å². The van der Waals surface area contributed by atoms with Crippen molar-refractivity contribution in [2.24, 2.45) is 0 Å². The lowest BCUT2D eigenvalue weighted by molar-refractivity contribution is 0.102. The lowest BCUT2D eigenvalue weighted by Gasteiger charge is -2.04. The second-order valence-electron chi connectivity index (χ2n) is 5.56. The standard InChI is InChI=1S/C19H14N4O2S/c1-12-10-21-16(11-20-12)18(24)23-19-22-15-8-7-14(9-17(15)26-19)25-13-5-3-2-4-6-13/h2-11H,1H3,(H,22,23,24). The third kappa shape index (κ3) is 3.52. The molecular formula is C19H14N4O2S. The molecule has 2 aromatic carbocycles. The van der Waals surface area contributed by atoms with Crippen LogP contribution in [0.5, 0.6) is 11.5 Å². The van der Waals surface area contributed by atoms with E-state index >= 15 is 0 Å². The summed E-state index contributed by atoms with van der Waals surface area (Å²) in [6.45, 7) is 1.82. The van der Waals surface area contributed by atoms with Crippen LogP contribution < -0.4 is 10.1 Å². The number of hydrogen-bond acceptors (Lipinski definition) is 6. The summed E-state index contributed by atoms with van der Waals surface area (Å²) in [4.78, 5) is 24.8. The molecule has 0 radical (unpaired) electrons. The minimum absolute atomic E-state index is 0.253. The van der Waals surface area contributed by atoms with Crippen LogP contribution in [0, 0.1) is 6.92 Å². The highest BCUT2D eigenvalue weighted by atomic mass is 32.1. The second-order valence-corrected chi connectivity index (χ2v) is 6.59. The Labute approximate surface area is 153 Å². The van der Waals surface area contributed by atoms with Crippen molar-refractivity contribution in [2.45, 2.75) is 6.92 Å². The fraction of sp³-hybridized carbons (Fsp3) is 0.0526. The van der Waals surface area contributed by atoms with Crippen LogP contribution in [-0.4, -0.2) is 20.9 Å². The highest BCUT2D eigenvalue weighted by Gasteiger charge is 2.12. The van der Waals surface area contributed by atoms with E-state index in [0.29, 0.717) is 5.13 Å². The van der Waals surface area contributed by atoms with Gasteiger partial charge in [-0.1, -0.05) is 29.5 Å². The molecule has 6 nitrogen and oxygen atoms in total. The van der Waals surface area contributed by atoms with Crippen molar-refractivity contribution in [1.82, 2.24) is 15.0 Å². The molecule has 0 saturated heterocycles. The van der Waals surface area contributed by atoms with Gasteiger partial charge in [-0.05, 0) is 31.2 Å². The first-order chi connectivity index (χ1) is 12.7. The maximum Gasteiger partial charge on any atom is 0.277 e. The predicted octanol–water partition coefficient (Wildman–Crippen LogP) is 4.44. The van der Waals surface area contributed by atoms with Crippen molar-refractivity contribution in [1.29, 1.82) is 0 Å². The highest BCUT2D eigenvalue weighted by Crippen LogP contribution is 2.31. The molecule has 0 fully saturated rings. The molecule has 0 aliphatic carbocycles. The van der Waals surface area contributed by atoms with Crippen LogP contribution in [0.15, 0.2) is 60.9 Å². The number of hydrogen-bond donors (Lipinski definition) is 1. The van der Waals surface area contributed by atoms with Crippen molar-refractivity contribution in [3.8, 4) is 11.5 Å². The normalized spacial score (nSPS) is 10.7. The van der Waals surface area contributed by atoms with Gasteiger partial charge in [0.25, 0.3) is 5.91 Å². The van der Waals surface area contributed by atoms with Crippen LogP contribution >= 0.6 is 11.3 Å². The molecule has 1 N–H and O–H groups in total. The zero-order valence-electron chi connectivity index (χ0n) is 13.8. The quantitative estimate of drug-likeness (QED) is 0.581. The number of benzene rings is 2. The zero-order chi connectivity index (χ0) is 17.9. The summed E-state index contributed by atoms with van der Waals surface area (Å²) in [7, 11) is 0. The Hall–Kier alpha value is -3.32. The Morgan fingerprint density at radius 1 is 1.04 bits per heavy atom. The summed E-state index contributed by atoms with van der Waals surface area (Å²) >= 11 is 1.38. The van der Waals surface area contributed by atoms with Gasteiger partial charge in [-0.3, -0.25) is 15.1 Å². The Kier molecular flexibility index (Phi) is 4.28. The molecule has 0 bridgehead atoms. The average Bonchev–Trinajstić information content (AvgIpc) is 3.04. The Bertz CT molecular complexity index is 1060. The fourth-order valence-electron chi connectivity index (χ4n) is 2.32. The van der Waals surface area contributed by atoms with Crippen molar-refractivity contribution < 1.29 is 9.53 Å². The molecule has 2 heterocycles. The summed E-state index contributed by atoms with van der Waals surface area (Å²) in [6.07, 6.45) is 3.00. The van der Waals surface area contributed by atoms with Gasteiger partial charge in [-0.15, -0.1) is 0 Å². The summed E-state index contributed by atoms with van der Waals surface area (Å²) < 4.78 is 6.75. The molecule has 0 aliphatic heterocycles. The highest BCUT2D eigenvalue weighted by molar-refractivity contribution is 7.22. The number of carbonyl (C=O) groups excluding carboxylic acids is 1. The number of nitrogens with one attached hydrogen (secondary N) is 1. The van der Waals surface area contributed by atoms with Gasteiger partial charge in [0.05, 0.1) is 22.1 Å². The van der Waals surface area contributed by atoms with Gasteiger partial charge >= 0.3 is 0 Å². The summed E-state index contributed by atoms with van der Waals surface area (Å²) in [5, 5.41) is 3.27. The number of para-hydroxylation sites is 1. The third-order valence-electron chi connectivity index (χ3n) is 3.57. The van der Waals surface area contributed by atoms with E-state index in [1.54, 1.807) is 6.20 Å². The fourth-order valence-corrected chi connectivity index (χ4v) is 3.21. The van der Waals surface area contributed by atoms with Gasteiger partial charge in [0.1, 0.15) is 17.2 Å². The first kappa shape index (κ1) is 16.2. The number of rotatable bonds is 4. The lowest BCUT2D eigenvalue weighted by Crippen LogP contribution is -2.13. The van der Waals surface area contributed by atoms with Crippen LogP contribution in [0.4, 0.5) is 5.13 Å². The van der Waals surface area contributed by atoms with E-state index < -0.39 is 0 Å². The summed E-state index contributed by atoms with van der Waals surface area (Å²) in [6, 6.07) is 15.2. The summed E-state index contributed by atoms with van der Waals surface area (Å²) in [5.41, 5.74) is 1.80. The van der Waals surface area contributed by atoms with Crippen LogP contribution in [0.3, 0.4) is 0 Å². The minimum Gasteiger partial charge on any atom is -0.457 e. The molecule has 4 aromatic rings. The van der Waals surface area contributed by atoms with E-state index in [4.69, 9.17) is 4.74 Å². The minimum atomic E-state index is -0.336. The molecule has 0 atom stereocenters. The number of amides is 1. The van der Waals surface area contributed by atoms with Crippen molar-refractivity contribution >= 4 is 32.6 Å². The number of nitrogens with zero attached hydrogens (tertiary/aromatic N) is 3. The van der Waals surface area contributed by atoms with Crippen molar-refractivity contribution in [3.63, 3.8) is 0 Å². The van der Waals surface area contributed by atoms with Gasteiger partial charge in [0, 0.05) is 12.3 Å². The van der Waals surface area contributed by atoms with Crippen LogP contribution in [0.25, 0.3) is 10.2 Å². The number of fused-ring (bicyclic) bond motifs is 1. The van der Waals surface area contributed by atoms with Crippen LogP contribution in [0.2, 0.25) is 0 Å². The largest absolute Gasteiger partial charge is 0.457 e. The predicted molar refractivity (Wildman–Crippen MR) is 101 cm³/mol. The molecule has 4 rings (SSSR count). The molecule has 26 heavy (non-hydrogen) atoms. The molecule has 0 unspecified atom stereocenters. The molecule has 0 saturated carbocycles. The van der Waals surface area contributed by atoms with Gasteiger partial charge in [0.15, 0.2) is 5.13 Å². The molecule has 7 heteroatoms. The number of anilines is 1. The first-order valence-corrected chi connectivity index (χ1v) is 8.72. The van der Waals surface area contributed by atoms with E-state index in [1.807, 2.05) is 55.5 Å². The van der Waals surface area contributed by atoms with E-state index in [9.17, 15) is 4.79 Å². The number of aryl methyl sites for hydroxylation is 1. The molecule has 2 aromatic heterocycles. The smallest absolute Gasteiger partial charge is 0.277 e. The Morgan fingerprint density at radius 2 is 1.88 bits per heavy atom. The SMILES string of the molecule is Cc1cnc(C(=O)Nc2nc3ccc(Oc4ccccc4)cc3s2)cn1. The maximum atomic E-state index is 12.2. The number of carbonyl (C=O) groups is 1. The molecule has 0 spiro atoms. The van der Waals surface area contributed by atoms with Gasteiger partial charge in [-0.25, -0.2) is 9.97 Å². The number of aromatic nitrogens is 3. The zero-order valence-corrected chi connectivity index (χ0v) is 14.7. The number of ether oxygens (including phenoxy) is 1. The molecule has 1 amide bonds. The lowest BCUT2D eigenvalue weighted by atomic mass is 10.3. The summed E-state index contributed by atoms with van der Waals surface area (Å²) in [5.74, 6) is 1.15. The first-order valence-electron chi connectivity index (χ1n) is 7.91. The maximum absolute atomic E-state index is 12.2.